The first-order chi connectivity index (χ1) is 11.3. The molecule has 0 fully saturated rings. The maximum absolute atomic E-state index is 12.3. The number of benzene rings is 2. The van der Waals surface area contributed by atoms with E-state index in [2.05, 4.69) is 5.32 Å². The number of amides is 1. The molecule has 0 saturated heterocycles. The van der Waals surface area contributed by atoms with Crippen LogP contribution in [0.25, 0.3) is 0 Å². The highest BCUT2D eigenvalue weighted by atomic mass is 32.2. The Morgan fingerprint density at radius 1 is 1.17 bits per heavy atom. The minimum Gasteiger partial charge on any atom is -0.497 e. The van der Waals surface area contributed by atoms with Gasteiger partial charge in [-0.2, -0.15) is 0 Å². The van der Waals surface area contributed by atoms with E-state index >= 15 is 0 Å². The third-order valence-electron chi connectivity index (χ3n) is 3.64. The van der Waals surface area contributed by atoms with Crippen LogP contribution in [-0.2, 0) is 26.8 Å². The van der Waals surface area contributed by atoms with Crippen LogP contribution >= 0.6 is 0 Å². The molecule has 1 N–H and O–H groups in total. The Morgan fingerprint density at radius 3 is 2.54 bits per heavy atom. The molecule has 2 aromatic rings. The van der Waals surface area contributed by atoms with Gasteiger partial charge in [0.05, 0.1) is 19.3 Å². The second-order valence-electron chi connectivity index (χ2n) is 5.74. The van der Waals surface area contributed by atoms with Crippen LogP contribution in [0.5, 0.6) is 5.75 Å². The minimum absolute atomic E-state index is 0.0432. The van der Waals surface area contributed by atoms with E-state index in [1.807, 2.05) is 31.2 Å². The van der Waals surface area contributed by atoms with Crippen LogP contribution in [0, 0.1) is 6.92 Å². The lowest BCUT2D eigenvalue weighted by Gasteiger charge is -2.12. The SMILES string of the molecule is COc1cccc(CC(=O)Nc2cccc(CS(C)(=O)=O)c2C)c1. The molecule has 2 rings (SSSR count). The zero-order valence-electron chi connectivity index (χ0n) is 14.0. The van der Waals surface area contributed by atoms with E-state index in [9.17, 15) is 13.2 Å². The van der Waals surface area contributed by atoms with Crippen molar-refractivity contribution < 1.29 is 17.9 Å². The van der Waals surface area contributed by atoms with Gasteiger partial charge in [0, 0.05) is 11.9 Å². The molecule has 0 spiro atoms. The number of hydrogen-bond donors (Lipinski definition) is 1. The van der Waals surface area contributed by atoms with Gasteiger partial charge in [-0.15, -0.1) is 0 Å². The molecule has 0 saturated carbocycles. The lowest BCUT2D eigenvalue weighted by atomic mass is 10.1. The van der Waals surface area contributed by atoms with Crippen molar-refractivity contribution in [1.82, 2.24) is 0 Å². The molecule has 0 aromatic heterocycles. The fourth-order valence-electron chi connectivity index (χ4n) is 2.42. The molecular weight excluding hydrogens is 326 g/mol. The summed E-state index contributed by atoms with van der Waals surface area (Å²) in [6, 6.07) is 12.6. The Labute approximate surface area is 142 Å². The average Bonchev–Trinajstić information content (AvgIpc) is 2.50. The topological polar surface area (TPSA) is 72.5 Å². The normalized spacial score (nSPS) is 11.1. The molecule has 0 atom stereocenters. The standard InChI is InChI=1S/C18H21NO4S/c1-13-15(12-24(3,21)22)7-5-9-17(13)19-18(20)11-14-6-4-8-16(10-14)23-2/h4-10H,11-12H2,1-3H3,(H,19,20). The van der Waals surface area contributed by atoms with Crippen LogP contribution in [0.3, 0.4) is 0 Å². The number of hydrogen-bond acceptors (Lipinski definition) is 4. The van der Waals surface area contributed by atoms with Crippen LogP contribution < -0.4 is 10.1 Å². The lowest BCUT2D eigenvalue weighted by Crippen LogP contribution is -2.16. The van der Waals surface area contributed by atoms with E-state index in [1.54, 1.807) is 25.3 Å². The maximum Gasteiger partial charge on any atom is 0.228 e. The van der Waals surface area contributed by atoms with E-state index in [0.29, 0.717) is 17.0 Å². The van der Waals surface area contributed by atoms with Gasteiger partial charge in [-0.25, -0.2) is 8.42 Å². The summed E-state index contributed by atoms with van der Waals surface area (Å²) in [5.74, 6) is 0.493. The average molecular weight is 347 g/mol. The van der Waals surface area contributed by atoms with Crippen molar-refractivity contribution in [2.24, 2.45) is 0 Å². The fraction of sp³-hybridized carbons (Fsp3) is 0.278. The van der Waals surface area contributed by atoms with Gasteiger partial charge in [0.2, 0.25) is 5.91 Å². The van der Waals surface area contributed by atoms with Crippen molar-refractivity contribution in [1.29, 1.82) is 0 Å². The Bertz CT molecular complexity index is 844. The Morgan fingerprint density at radius 2 is 1.88 bits per heavy atom. The quantitative estimate of drug-likeness (QED) is 0.872. The summed E-state index contributed by atoms with van der Waals surface area (Å²) in [4.78, 5) is 12.3. The van der Waals surface area contributed by atoms with Crippen molar-refractivity contribution >= 4 is 21.4 Å². The summed E-state index contributed by atoms with van der Waals surface area (Å²) in [5, 5.41) is 2.85. The molecule has 0 aliphatic rings. The number of ether oxygens (including phenoxy) is 1. The van der Waals surface area contributed by atoms with Gasteiger partial charge in [0.15, 0.2) is 9.84 Å². The zero-order valence-corrected chi connectivity index (χ0v) is 14.8. The van der Waals surface area contributed by atoms with E-state index in [4.69, 9.17) is 4.74 Å². The van der Waals surface area contributed by atoms with Gasteiger partial charge in [0.1, 0.15) is 5.75 Å². The molecule has 5 nitrogen and oxygen atoms in total. The van der Waals surface area contributed by atoms with Crippen LogP contribution in [0.15, 0.2) is 42.5 Å². The number of rotatable bonds is 6. The number of sulfone groups is 1. The zero-order chi connectivity index (χ0) is 17.7. The van der Waals surface area contributed by atoms with Crippen molar-refractivity contribution in [2.45, 2.75) is 19.1 Å². The second kappa shape index (κ2) is 7.49. The summed E-state index contributed by atoms with van der Waals surface area (Å²) < 4.78 is 28.1. The number of methoxy groups -OCH3 is 1. The fourth-order valence-corrected chi connectivity index (χ4v) is 3.30. The summed E-state index contributed by atoms with van der Waals surface area (Å²) in [5.41, 5.74) is 2.93. The number of carbonyl (C=O) groups excluding carboxylic acids is 1. The summed E-state index contributed by atoms with van der Waals surface area (Å²) in [6.07, 6.45) is 1.41. The van der Waals surface area contributed by atoms with Crippen LogP contribution in [-0.4, -0.2) is 27.7 Å². The molecule has 6 heteroatoms. The van der Waals surface area contributed by atoms with E-state index in [-0.39, 0.29) is 18.1 Å². The molecule has 0 aliphatic carbocycles. The molecule has 0 aliphatic heterocycles. The predicted octanol–water partition coefficient (Wildman–Crippen LogP) is 2.73. The highest BCUT2D eigenvalue weighted by Crippen LogP contribution is 2.21. The van der Waals surface area contributed by atoms with Crippen LogP contribution in [0.2, 0.25) is 0 Å². The molecule has 0 radical (unpaired) electrons. The molecule has 24 heavy (non-hydrogen) atoms. The molecule has 2 aromatic carbocycles. The van der Waals surface area contributed by atoms with Gasteiger partial charge in [-0.05, 0) is 41.8 Å². The number of anilines is 1. The van der Waals surface area contributed by atoms with Gasteiger partial charge in [-0.3, -0.25) is 4.79 Å². The maximum atomic E-state index is 12.3. The largest absolute Gasteiger partial charge is 0.497 e. The van der Waals surface area contributed by atoms with Gasteiger partial charge in [0.25, 0.3) is 0 Å². The molecule has 128 valence electrons. The molecule has 0 unspecified atom stereocenters. The van der Waals surface area contributed by atoms with Crippen molar-refractivity contribution in [3.8, 4) is 5.75 Å². The molecular formula is C18H21NO4S. The van der Waals surface area contributed by atoms with E-state index in [0.717, 1.165) is 11.1 Å². The molecule has 1 amide bonds. The first-order valence-electron chi connectivity index (χ1n) is 7.47. The van der Waals surface area contributed by atoms with Gasteiger partial charge < -0.3 is 10.1 Å². The first kappa shape index (κ1) is 18.0. The van der Waals surface area contributed by atoms with E-state index < -0.39 is 9.84 Å². The summed E-state index contributed by atoms with van der Waals surface area (Å²) in [7, 11) is -1.55. The Balaban J connectivity index is 2.12. The Hall–Kier alpha value is -2.34. The first-order valence-corrected chi connectivity index (χ1v) is 9.53. The van der Waals surface area contributed by atoms with Crippen LogP contribution in [0.1, 0.15) is 16.7 Å². The predicted molar refractivity (Wildman–Crippen MR) is 95.1 cm³/mol. The Kier molecular flexibility index (Phi) is 5.62. The number of nitrogens with one attached hydrogen (secondary N) is 1. The van der Waals surface area contributed by atoms with Crippen molar-refractivity contribution in [3.05, 3.63) is 59.2 Å². The number of carbonyl (C=O) groups is 1. The molecule has 0 bridgehead atoms. The lowest BCUT2D eigenvalue weighted by molar-refractivity contribution is -0.115. The third-order valence-corrected chi connectivity index (χ3v) is 4.47. The highest BCUT2D eigenvalue weighted by Gasteiger charge is 2.12. The van der Waals surface area contributed by atoms with Gasteiger partial charge in [-0.1, -0.05) is 24.3 Å². The third kappa shape index (κ3) is 5.09. The summed E-state index contributed by atoms with van der Waals surface area (Å²) in [6.45, 7) is 1.81. The highest BCUT2D eigenvalue weighted by molar-refractivity contribution is 7.89. The van der Waals surface area contributed by atoms with Gasteiger partial charge >= 0.3 is 0 Å². The van der Waals surface area contributed by atoms with Crippen molar-refractivity contribution in [3.63, 3.8) is 0 Å². The second-order valence-corrected chi connectivity index (χ2v) is 7.88. The minimum atomic E-state index is -3.13. The summed E-state index contributed by atoms with van der Waals surface area (Å²) >= 11 is 0. The van der Waals surface area contributed by atoms with E-state index in [1.165, 1.54) is 6.26 Å². The monoisotopic (exact) mass is 347 g/mol. The smallest absolute Gasteiger partial charge is 0.228 e. The van der Waals surface area contributed by atoms with Crippen LogP contribution in [0.4, 0.5) is 5.69 Å². The molecule has 0 heterocycles. The van der Waals surface area contributed by atoms with Crippen molar-refractivity contribution in [2.75, 3.05) is 18.7 Å².